The van der Waals surface area contributed by atoms with Gasteiger partial charge in [0.1, 0.15) is 0 Å². The third-order valence-electron chi connectivity index (χ3n) is 3.73. The summed E-state index contributed by atoms with van der Waals surface area (Å²) in [4.78, 5) is 0. The third-order valence-corrected chi connectivity index (χ3v) is 3.73. The molecule has 0 aromatic heterocycles. The fourth-order valence-corrected chi connectivity index (χ4v) is 2.83. The topological polar surface area (TPSA) is 29.5 Å². The van der Waals surface area contributed by atoms with Crippen LogP contribution < -0.4 is 0 Å². The SMILES string of the molecule is OC(C1CCCCCC1)C1CCCO1. The predicted molar refractivity (Wildman–Crippen MR) is 56.2 cm³/mol. The van der Waals surface area contributed by atoms with Crippen molar-refractivity contribution >= 4 is 0 Å². The number of rotatable bonds is 2. The van der Waals surface area contributed by atoms with Gasteiger partial charge in [0, 0.05) is 6.61 Å². The Hall–Kier alpha value is -0.0800. The Balaban J connectivity index is 1.84. The average molecular weight is 198 g/mol. The Morgan fingerprint density at radius 3 is 2.21 bits per heavy atom. The molecule has 0 amide bonds. The van der Waals surface area contributed by atoms with E-state index in [1.807, 2.05) is 0 Å². The van der Waals surface area contributed by atoms with Crippen LogP contribution in [0.25, 0.3) is 0 Å². The van der Waals surface area contributed by atoms with Gasteiger partial charge in [0.15, 0.2) is 0 Å². The summed E-state index contributed by atoms with van der Waals surface area (Å²) in [5.41, 5.74) is 0. The molecule has 2 nitrogen and oxygen atoms in total. The highest BCUT2D eigenvalue weighted by Crippen LogP contribution is 2.30. The van der Waals surface area contributed by atoms with E-state index in [9.17, 15) is 5.11 Å². The van der Waals surface area contributed by atoms with Crippen molar-refractivity contribution in [2.24, 2.45) is 5.92 Å². The zero-order chi connectivity index (χ0) is 9.80. The summed E-state index contributed by atoms with van der Waals surface area (Å²) in [6, 6.07) is 0. The number of hydrogen-bond acceptors (Lipinski definition) is 2. The molecular formula is C12H22O2. The maximum absolute atomic E-state index is 10.2. The lowest BCUT2D eigenvalue weighted by atomic mass is 9.90. The Morgan fingerprint density at radius 2 is 1.64 bits per heavy atom. The molecule has 0 aromatic rings. The molecule has 1 saturated heterocycles. The van der Waals surface area contributed by atoms with Crippen molar-refractivity contribution in [2.45, 2.75) is 63.6 Å². The number of ether oxygens (including phenoxy) is 1. The highest BCUT2D eigenvalue weighted by Gasteiger charge is 2.30. The second kappa shape index (κ2) is 5.13. The summed E-state index contributed by atoms with van der Waals surface area (Å²) < 4.78 is 5.56. The predicted octanol–water partition coefficient (Wildman–Crippen LogP) is 2.50. The lowest BCUT2D eigenvalue weighted by molar-refractivity contribution is -0.0354. The van der Waals surface area contributed by atoms with E-state index in [0.29, 0.717) is 5.92 Å². The lowest BCUT2D eigenvalue weighted by Crippen LogP contribution is -2.32. The van der Waals surface area contributed by atoms with E-state index in [-0.39, 0.29) is 12.2 Å². The Labute approximate surface area is 86.6 Å². The number of aliphatic hydroxyl groups is 1. The molecule has 1 heterocycles. The largest absolute Gasteiger partial charge is 0.390 e. The Bertz CT molecular complexity index is 156. The molecule has 2 aliphatic rings. The molecule has 2 heteroatoms. The molecule has 0 spiro atoms. The maximum Gasteiger partial charge on any atom is 0.0837 e. The minimum absolute atomic E-state index is 0.151. The number of hydrogen-bond donors (Lipinski definition) is 1. The van der Waals surface area contributed by atoms with Crippen molar-refractivity contribution in [2.75, 3.05) is 6.61 Å². The van der Waals surface area contributed by atoms with Crippen molar-refractivity contribution in [1.82, 2.24) is 0 Å². The second-order valence-corrected chi connectivity index (χ2v) is 4.79. The van der Waals surface area contributed by atoms with E-state index in [2.05, 4.69) is 0 Å². The first-order chi connectivity index (χ1) is 6.88. The van der Waals surface area contributed by atoms with Crippen molar-refractivity contribution in [3.8, 4) is 0 Å². The Kier molecular flexibility index (Phi) is 3.82. The quantitative estimate of drug-likeness (QED) is 0.691. The summed E-state index contributed by atoms with van der Waals surface area (Å²) in [6.07, 6.45) is 9.90. The van der Waals surface area contributed by atoms with Crippen molar-refractivity contribution in [3.05, 3.63) is 0 Å². The standard InChI is InChI=1S/C12H22O2/c13-12(11-8-5-9-14-11)10-6-3-1-2-4-7-10/h10-13H,1-9H2. The van der Waals surface area contributed by atoms with Crippen LogP contribution in [0.1, 0.15) is 51.4 Å². The molecule has 2 unspecified atom stereocenters. The van der Waals surface area contributed by atoms with E-state index >= 15 is 0 Å². The summed E-state index contributed by atoms with van der Waals surface area (Å²) in [5.74, 6) is 0.514. The van der Waals surface area contributed by atoms with E-state index in [4.69, 9.17) is 4.74 Å². The van der Waals surface area contributed by atoms with Gasteiger partial charge in [-0.2, -0.15) is 0 Å². The highest BCUT2D eigenvalue weighted by molar-refractivity contribution is 4.81. The fraction of sp³-hybridized carbons (Fsp3) is 1.00. The molecule has 1 aliphatic heterocycles. The first kappa shape index (κ1) is 10.4. The van der Waals surface area contributed by atoms with Gasteiger partial charge < -0.3 is 9.84 Å². The molecule has 0 radical (unpaired) electrons. The van der Waals surface area contributed by atoms with Gasteiger partial charge in [-0.1, -0.05) is 25.7 Å². The summed E-state index contributed by atoms with van der Waals surface area (Å²) in [7, 11) is 0. The van der Waals surface area contributed by atoms with Gasteiger partial charge in [0.2, 0.25) is 0 Å². The van der Waals surface area contributed by atoms with Crippen LogP contribution in [0.3, 0.4) is 0 Å². The zero-order valence-electron chi connectivity index (χ0n) is 8.95. The summed E-state index contributed by atoms with van der Waals surface area (Å²) in [6.45, 7) is 0.856. The van der Waals surface area contributed by atoms with Crippen LogP contribution in [0.2, 0.25) is 0 Å². The highest BCUT2D eigenvalue weighted by atomic mass is 16.5. The van der Waals surface area contributed by atoms with E-state index < -0.39 is 0 Å². The van der Waals surface area contributed by atoms with Crippen molar-refractivity contribution in [3.63, 3.8) is 0 Å². The molecule has 14 heavy (non-hydrogen) atoms. The van der Waals surface area contributed by atoms with E-state index in [1.165, 1.54) is 38.5 Å². The molecule has 82 valence electrons. The molecular weight excluding hydrogens is 176 g/mol. The van der Waals surface area contributed by atoms with Gasteiger partial charge in [-0.25, -0.2) is 0 Å². The van der Waals surface area contributed by atoms with Gasteiger partial charge in [0.05, 0.1) is 12.2 Å². The van der Waals surface area contributed by atoms with Crippen LogP contribution in [0.5, 0.6) is 0 Å². The second-order valence-electron chi connectivity index (χ2n) is 4.79. The third kappa shape index (κ3) is 2.48. The van der Waals surface area contributed by atoms with Crippen molar-refractivity contribution < 1.29 is 9.84 Å². The average Bonchev–Trinajstić information content (AvgIpc) is 2.59. The van der Waals surface area contributed by atoms with Crippen LogP contribution in [-0.2, 0) is 4.74 Å². The minimum atomic E-state index is -0.185. The number of aliphatic hydroxyl groups excluding tert-OH is 1. The van der Waals surface area contributed by atoms with Crippen molar-refractivity contribution in [1.29, 1.82) is 0 Å². The molecule has 2 atom stereocenters. The maximum atomic E-state index is 10.2. The van der Waals surface area contributed by atoms with Crippen LogP contribution in [0.15, 0.2) is 0 Å². The first-order valence-electron chi connectivity index (χ1n) is 6.17. The molecule has 0 aromatic carbocycles. The normalized spacial score (nSPS) is 32.8. The molecule has 2 rings (SSSR count). The van der Waals surface area contributed by atoms with E-state index in [1.54, 1.807) is 0 Å². The first-order valence-corrected chi connectivity index (χ1v) is 6.17. The van der Waals surface area contributed by atoms with E-state index in [0.717, 1.165) is 19.4 Å². The lowest BCUT2D eigenvalue weighted by Gasteiger charge is -2.25. The molecule has 1 saturated carbocycles. The summed E-state index contributed by atoms with van der Waals surface area (Å²) in [5, 5.41) is 10.2. The zero-order valence-corrected chi connectivity index (χ0v) is 8.95. The van der Waals surface area contributed by atoms with Crippen LogP contribution in [0.4, 0.5) is 0 Å². The smallest absolute Gasteiger partial charge is 0.0837 e. The molecule has 1 N–H and O–H groups in total. The summed E-state index contributed by atoms with van der Waals surface area (Å²) >= 11 is 0. The van der Waals surface area contributed by atoms with Crippen LogP contribution in [0, 0.1) is 5.92 Å². The van der Waals surface area contributed by atoms with Gasteiger partial charge in [-0.15, -0.1) is 0 Å². The van der Waals surface area contributed by atoms with Gasteiger partial charge >= 0.3 is 0 Å². The van der Waals surface area contributed by atoms with Crippen LogP contribution in [-0.4, -0.2) is 23.9 Å². The molecule has 0 bridgehead atoms. The molecule has 1 aliphatic carbocycles. The van der Waals surface area contributed by atoms with Crippen LogP contribution >= 0.6 is 0 Å². The van der Waals surface area contributed by atoms with Gasteiger partial charge in [0.25, 0.3) is 0 Å². The monoisotopic (exact) mass is 198 g/mol. The minimum Gasteiger partial charge on any atom is -0.390 e. The van der Waals surface area contributed by atoms with Gasteiger partial charge in [-0.3, -0.25) is 0 Å². The van der Waals surface area contributed by atoms with Gasteiger partial charge in [-0.05, 0) is 31.6 Å². The fourth-order valence-electron chi connectivity index (χ4n) is 2.83. The molecule has 2 fully saturated rings. The Morgan fingerprint density at radius 1 is 0.929 bits per heavy atom.